The van der Waals surface area contributed by atoms with Crippen LogP contribution in [0.5, 0.6) is 0 Å². The molecule has 1 unspecified atom stereocenters. The number of hydrogen-bond acceptors (Lipinski definition) is 4. The van der Waals surface area contributed by atoms with Gasteiger partial charge in [0.2, 0.25) is 0 Å². The SMILES string of the molecule is CN=C(NCc1cnc(C)s1)NCC(C)Cc1cccs1. The van der Waals surface area contributed by atoms with E-state index in [4.69, 9.17) is 0 Å². The van der Waals surface area contributed by atoms with E-state index < -0.39 is 0 Å². The fraction of sp³-hybridized carbons (Fsp3) is 0.467. The van der Waals surface area contributed by atoms with Gasteiger partial charge in [-0.2, -0.15) is 0 Å². The molecule has 4 nitrogen and oxygen atoms in total. The molecule has 0 fully saturated rings. The van der Waals surface area contributed by atoms with Crippen molar-refractivity contribution in [1.82, 2.24) is 15.6 Å². The number of rotatable bonds is 6. The maximum atomic E-state index is 4.26. The van der Waals surface area contributed by atoms with Crippen LogP contribution in [0.3, 0.4) is 0 Å². The summed E-state index contributed by atoms with van der Waals surface area (Å²) >= 11 is 3.53. The largest absolute Gasteiger partial charge is 0.356 e. The Bertz CT molecular complexity index is 560. The molecule has 2 rings (SSSR count). The van der Waals surface area contributed by atoms with Crippen molar-refractivity contribution in [2.24, 2.45) is 10.9 Å². The van der Waals surface area contributed by atoms with Gasteiger partial charge in [0.1, 0.15) is 0 Å². The second-order valence-corrected chi connectivity index (χ2v) is 7.39. The monoisotopic (exact) mass is 322 g/mol. The third-order valence-corrected chi connectivity index (χ3v) is 4.88. The second kappa shape index (κ2) is 8.14. The van der Waals surface area contributed by atoms with Gasteiger partial charge in [-0.15, -0.1) is 22.7 Å². The fourth-order valence-corrected chi connectivity index (χ4v) is 3.60. The molecule has 0 saturated heterocycles. The molecular weight excluding hydrogens is 300 g/mol. The maximum absolute atomic E-state index is 4.26. The van der Waals surface area contributed by atoms with Gasteiger partial charge in [-0.1, -0.05) is 13.0 Å². The molecule has 1 atom stereocenters. The van der Waals surface area contributed by atoms with Gasteiger partial charge in [0.15, 0.2) is 5.96 Å². The number of thiazole rings is 1. The number of nitrogens with zero attached hydrogens (tertiary/aromatic N) is 2. The first-order chi connectivity index (χ1) is 10.2. The van der Waals surface area contributed by atoms with Crippen LogP contribution in [0.2, 0.25) is 0 Å². The van der Waals surface area contributed by atoms with Crippen molar-refractivity contribution in [2.75, 3.05) is 13.6 Å². The van der Waals surface area contributed by atoms with Gasteiger partial charge in [-0.25, -0.2) is 4.98 Å². The first-order valence-corrected chi connectivity index (χ1v) is 8.75. The lowest BCUT2D eigenvalue weighted by atomic mass is 10.1. The number of guanidine groups is 1. The van der Waals surface area contributed by atoms with E-state index in [0.29, 0.717) is 5.92 Å². The summed E-state index contributed by atoms with van der Waals surface area (Å²) in [5.41, 5.74) is 0. The normalized spacial score (nSPS) is 13.2. The van der Waals surface area contributed by atoms with Crippen LogP contribution < -0.4 is 10.6 Å². The summed E-state index contributed by atoms with van der Waals surface area (Å²) in [6, 6.07) is 4.30. The zero-order valence-corrected chi connectivity index (χ0v) is 14.4. The first-order valence-electron chi connectivity index (χ1n) is 7.05. The number of aryl methyl sites for hydroxylation is 1. The van der Waals surface area contributed by atoms with Crippen molar-refractivity contribution in [1.29, 1.82) is 0 Å². The highest BCUT2D eigenvalue weighted by molar-refractivity contribution is 7.11. The predicted molar refractivity (Wildman–Crippen MR) is 92.2 cm³/mol. The number of thiophene rings is 1. The van der Waals surface area contributed by atoms with Crippen molar-refractivity contribution < 1.29 is 0 Å². The second-order valence-electron chi connectivity index (χ2n) is 5.04. The minimum atomic E-state index is 0.577. The molecule has 2 aromatic rings. The Hall–Kier alpha value is -1.40. The third-order valence-electron chi connectivity index (χ3n) is 3.07. The van der Waals surface area contributed by atoms with Gasteiger partial charge in [-0.05, 0) is 30.7 Å². The molecule has 114 valence electrons. The standard InChI is InChI=1S/C15H22N4S2/c1-11(7-13-5-4-6-20-13)8-18-15(16-3)19-10-14-9-17-12(2)21-14/h4-6,9,11H,7-8,10H2,1-3H3,(H2,16,18,19). The van der Waals surface area contributed by atoms with Crippen LogP contribution in [0, 0.1) is 12.8 Å². The van der Waals surface area contributed by atoms with Crippen LogP contribution >= 0.6 is 22.7 Å². The van der Waals surface area contributed by atoms with Crippen LogP contribution in [-0.2, 0) is 13.0 Å². The summed E-state index contributed by atoms with van der Waals surface area (Å²) in [6.07, 6.45) is 3.02. The van der Waals surface area contributed by atoms with Crippen LogP contribution in [0.4, 0.5) is 0 Å². The predicted octanol–water partition coefficient (Wildman–Crippen LogP) is 3.06. The quantitative estimate of drug-likeness (QED) is 0.635. The molecule has 0 aliphatic rings. The third kappa shape index (κ3) is 5.47. The fourth-order valence-electron chi connectivity index (χ4n) is 1.99. The van der Waals surface area contributed by atoms with Gasteiger partial charge in [0.25, 0.3) is 0 Å². The smallest absolute Gasteiger partial charge is 0.191 e. The Morgan fingerprint density at radius 1 is 1.38 bits per heavy atom. The van der Waals surface area contributed by atoms with Crippen molar-refractivity contribution in [3.8, 4) is 0 Å². The molecule has 0 amide bonds. The molecule has 0 radical (unpaired) electrons. The Morgan fingerprint density at radius 2 is 2.24 bits per heavy atom. The number of hydrogen-bond donors (Lipinski definition) is 2. The molecule has 0 aliphatic carbocycles. The molecular formula is C15H22N4S2. The average molecular weight is 323 g/mol. The van der Waals surface area contributed by atoms with Crippen LogP contribution in [0.25, 0.3) is 0 Å². The van der Waals surface area contributed by atoms with Crippen molar-refractivity contribution in [3.63, 3.8) is 0 Å². The zero-order chi connectivity index (χ0) is 15.1. The van der Waals surface area contributed by atoms with Gasteiger partial charge >= 0.3 is 0 Å². The maximum Gasteiger partial charge on any atom is 0.191 e. The van der Waals surface area contributed by atoms with Crippen LogP contribution in [-0.4, -0.2) is 24.5 Å². The molecule has 0 saturated carbocycles. The minimum absolute atomic E-state index is 0.577. The number of aliphatic imine (C=N–C) groups is 1. The summed E-state index contributed by atoms with van der Waals surface area (Å²) in [4.78, 5) is 11.2. The molecule has 2 aromatic heterocycles. The van der Waals surface area contributed by atoms with E-state index in [1.165, 1.54) is 9.75 Å². The van der Waals surface area contributed by atoms with E-state index >= 15 is 0 Å². The lowest BCUT2D eigenvalue weighted by Gasteiger charge is -2.15. The lowest BCUT2D eigenvalue weighted by Crippen LogP contribution is -2.39. The Balaban J connectivity index is 1.72. The Labute approximate surface area is 134 Å². The summed E-state index contributed by atoms with van der Waals surface area (Å²) < 4.78 is 0. The first kappa shape index (κ1) is 16.0. The van der Waals surface area contributed by atoms with Crippen molar-refractivity contribution >= 4 is 28.6 Å². The molecule has 0 bridgehead atoms. The average Bonchev–Trinajstić information content (AvgIpc) is 3.11. The van der Waals surface area contributed by atoms with Crippen LogP contribution in [0.1, 0.15) is 21.7 Å². The number of aromatic nitrogens is 1. The van der Waals surface area contributed by atoms with E-state index in [1.807, 2.05) is 24.5 Å². The molecule has 0 aromatic carbocycles. The summed E-state index contributed by atoms with van der Waals surface area (Å²) in [6.45, 7) is 5.96. The lowest BCUT2D eigenvalue weighted by molar-refractivity contribution is 0.562. The van der Waals surface area contributed by atoms with E-state index in [9.17, 15) is 0 Å². The summed E-state index contributed by atoms with van der Waals surface area (Å²) in [7, 11) is 1.80. The van der Waals surface area contributed by atoms with Gasteiger partial charge in [0.05, 0.1) is 11.6 Å². The van der Waals surface area contributed by atoms with Gasteiger partial charge < -0.3 is 10.6 Å². The van der Waals surface area contributed by atoms with Crippen molar-refractivity contribution in [2.45, 2.75) is 26.8 Å². The van der Waals surface area contributed by atoms with E-state index in [1.54, 1.807) is 18.4 Å². The Kier molecular flexibility index (Phi) is 6.20. The topological polar surface area (TPSA) is 49.3 Å². The Morgan fingerprint density at radius 3 is 2.86 bits per heavy atom. The minimum Gasteiger partial charge on any atom is -0.356 e. The van der Waals surface area contributed by atoms with E-state index in [2.05, 4.69) is 45.0 Å². The zero-order valence-electron chi connectivity index (χ0n) is 12.7. The molecule has 2 N–H and O–H groups in total. The summed E-state index contributed by atoms with van der Waals surface area (Å²) in [5.74, 6) is 1.42. The highest BCUT2D eigenvalue weighted by Gasteiger charge is 2.06. The van der Waals surface area contributed by atoms with E-state index in [0.717, 1.165) is 30.5 Å². The van der Waals surface area contributed by atoms with Crippen molar-refractivity contribution in [3.05, 3.63) is 38.5 Å². The molecule has 0 spiro atoms. The number of nitrogens with one attached hydrogen (secondary N) is 2. The molecule has 2 heterocycles. The van der Waals surface area contributed by atoms with Gasteiger partial charge in [0, 0.05) is 29.5 Å². The molecule has 0 aliphatic heterocycles. The molecule has 6 heteroatoms. The molecule has 21 heavy (non-hydrogen) atoms. The summed E-state index contributed by atoms with van der Waals surface area (Å²) in [5, 5.41) is 9.94. The highest BCUT2D eigenvalue weighted by atomic mass is 32.1. The van der Waals surface area contributed by atoms with E-state index in [-0.39, 0.29) is 0 Å². The van der Waals surface area contributed by atoms with Crippen LogP contribution in [0.15, 0.2) is 28.7 Å². The van der Waals surface area contributed by atoms with Gasteiger partial charge in [-0.3, -0.25) is 4.99 Å². The highest BCUT2D eigenvalue weighted by Crippen LogP contribution is 2.14.